The van der Waals surface area contributed by atoms with Gasteiger partial charge in [0.25, 0.3) is 5.91 Å². The number of aryl methyl sites for hydroxylation is 1. The van der Waals surface area contributed by atoms with Gasteiger partial charge in [0.1, 0.15) is 5.75 Å². The molecule has 2 amide bonds. The molecule has 1 heterocycles. The van der Waals surface area contributed by atoms with E-state index in [1.54, 1.807) is 18.1 Å². The summed E-state index contributed by atoms with van der Waals surface area (Å²) in [5, 5.41) is 0. The molecule has 3 rings (SSSR count). The molecule has 0 aliphatic carbocycles. The summed E-state index contributed by atoms with van der Waals surface area (Å²) in [6, 6.07) is 14.2. The number of hydrogen-bond acceptors (Lipinski definition) is 5. The molecule has 0 saturated carbocycles. The van der Waals surface area contributed by atoms with Crippen LogP contribution in [0.2, 0.25) is 0 Å². The van der Waals surface area contributed by atoms with E-state index in [1.165, 1.54) is 0 Å². The van der Waals surface area contributed by atoms with E-state index in [-0.39, 0.29) is 12.3 Å². The molecule has 1 fully saturated rings. The molecule has 152 valence electrons. The van der Waals surface area contributed by atoms with Gasteiger partial charge < -0.3 is 20.1 Å². The van der Waals surface area contributed by atoms with Crippen LogP contribution in [-0.4, -0.2) is 31.5 Å². The molecule has 7 heteroatoms. The zero-order chi connectivity index (χ0) is 21.0. The van der Waals surface area contributed by atoms with Crippen molar-refractivity contribution in [3.8, 4) is 5.75 Å². The lowest BCUT2D eigenvalue weighted by molar-refractivity contribution is -0.154. The van der Waals surface area contributed by atoms with Crippen LogP contribution in [0.4, 0.5) is 5.69 Å². The van der Waals surface area contributed by atoms with E-state index in [1.807, 2.05) is 49.4 Å². The number of ether oxygens (including phenoxy) is 2. The van der Waals surface area contributed by atoms with Gasteiger partial charge in [-0.3, -0.25) is 14.4 Å². The van der Waals surface area contributed by atoms with Gasteiger partial charge in [-0.05, 0) is 31.5 Å². The van der Waals surface area contributed by atoms with Crippen LogP contribution in [-0.2, 0) is 19.1 Å². The lowest BCUT2D eigenvalue weighted by Crippen LogP contribution is -2.46. The molecule has 0 spiro atoms. The summed E-state index contributed by atoms with van der Waals surface area (Å²) >= 11 is 0. The standard InChI is InChI=1S/C22H24N2O5/c1-14-7-9-15(10-8-14)24-20(26)12-11-17(22(27)29-13-19(23)25)21(24)16-5-3-4-6-18(16)28-2/h3-10,17,21H,11-13H2,1-2H3,(H2,23,25). The number of methoxy groups -OCH3 is 1. The minimum absolute atomic E-state index is 0.0938. The lowest BCUT2D eigenvalue weighted by atomic mass is 9.83. The molecule has 2 aromatic carbocycles. The molecule has 1 aliphatic heterocycles. The van der Waals surface area contributed by atoms with Crippen LogP contribution in [0.3, 0.4) is 0 Å². The number of hydrogen-bond donors (Lipinski definition) is 1. The van der Waals surface area contributed by atoms with Gasteiger partial charge >= 0.3 is 5.97 Å². The van der Waals surface area contributed by atoms with E-state index in [0.29, 0.717) is 23.4 Å². The number of benzene rings is 2. The molecular formula is C22H24N2O5. The second-order valence-corrected chi connectivity index (χ2v) is 7.01. The molecule has 1 saturated heterocycles. The second-order valence-electron chi connectivity index (χ2n) is 7.01. The smallest absolute Gasteiger partial charge is 0.311 e. The van der Waals surface area contributed by atoms with Gasteiger partial charge in [0.15, 0.2) is 6.61 Å². The van der Waals surface area contributed by atoms with Crippen molar-refractivity contribution in [3.63, 3.8) is 0 Å². The van der Waals surface area contributed by atoms with E-state index in [4.69, 9.17) is 15.2 Å². The van der Waals surface area contributed by atoms with Crippen molar-refractivity contribution in [2.45, 2.75) is 25.8 Å². The average molecular weight is 396 g/mol. The van der Waals surface area contributed by atoms with Crippen molar-refractivity contribution in [3.05, 3.63) is 59.7 Å². The molecule has 0 aromatic heterocycles. The Labute approximate surface area is 169 Å². The normalized spacial score (nSPS) is 19.0. The topological polar surface area (TPSA) is 98.9 Å². The number of nitrogens with zero attached hydrogens (tertiary/aromatic N) is 1. The Morgan fingerprint density at radius 1 is 1.14 bits per heavy atom. The number of anilines is 1. The van der Waals surface area contributed by atoms with Gasteiger partial charge in [0, 0.05) is 17.7 Å². The Morgan fingerprint density at radius 2 is 1.83 bits per heavy atom. The van der Waals surface area contributed by atoms with Crippen LogP contribution >= 0.6 is 0 Å². The van der Waals surface area contributed by atoms with Gasteiger partial charge in [0.05, 0.1) is 19.1 Å². The lowest BCUT2D eigenvalue weighted by Gasteiger charge is -2.40. The number of piperidine rings is 1. The first-order valence-electron chi connectivity index (χ1n) is 9.39. The Morgan fingerprint density at radius 3 is 2.48 bits per heavy atom. The van der Waals surface area contributed by atoms with Gasteiger partial charge in [-0.25, -0.2) is 0 Å². The van der Waals surface area contributed by atoms with Gasteiger partial charge in [-0.1, -0.05) is 35.9 Å². The van der Waals surface area contributed by atoms with Gasteiger partial charge in [-0.15, -0.1) is 0 Å². The Kier molecular flexibility index (Phi) is 6.16. The second kappa shape index (κ2) is 8.77. The third-order valence-corrected chi connectivity index (χ3v) is 5.03. The number of rotatable bonds is 6. The van der Waals surface area contributed by atoms with Crippen molar-refractivity contribution in [1.82, 2.24) is 0 Å². The number of nitrogens with two attached hydrogens (primary N) is 1. The molecule has 2 N–H and O–H groups in total. The van der Waals surface area contributed by atoms with Crippen LogP contribution in [0.1, 0.15) is 30.0 Å². The number of esters is 1. The predicted octanol–water partition coefficient (Wildman–Crippen LogP) is 2.52. The molecule has 2 atom stereocenters. The van der Waals surface area contributed by atoms with Crippen molar-refractivity contribution < 1.29 is 23.9 Å². The highest BCUT2D eigenvalue weighted by Gasteiger charge is 2.43. The van der Waals surface area contributed by atoms with Gasteiger partial charge in [-0.2, -0.15) is 0 Å². The number of para-hydroxylation sites is 1. The number of carbonyl (C=O) groups is 3. The summed E-state index contributed by atoms with van der Waals surface area (Å²) < 4.78 is 10.6. The molecule has 2 unspecified atom stereocenters. The Bertz CT molecular complexity index is 910. The quantitative estimate of drug-likeness (QED) is 0.757. The van der Waals surface area contributed by atoms with Gasteiger partial charge in [0.2, 0.25) is 5.91 Å². The van der Waals surface area contributed by atoms with Crippen LogP contribution in [0.5, 0.6) is 5.75 Å². The van der Waals surface area contributed by atoms with E-state index >= 15 is 0 Å². The fourth-order valence-electron chi connectivity index (χ4n) is 3.66. The molecule has 0 radical (unpaired) electrons. The zero-order valence-corrected chi connectivity index (χ0v) is 16.5. The molecule has 1 aliphatic rings. The maximum Gasteiger partial charge on any atom is 0.311 e. The summed E-state index contributed by atoms with van der Waals surface area (Å²) in [6.07, 6.45) is 0.497. The van der Waals surface area contributed by atoms with Crippen molar-refractivity contribution in [2.75, 3.05) is 18.6 Å². The monoisotopic (exact) mass is 396 g/mol. The summed E-state index contributed by atoms with van der Waals surface area (Å²) in [7, 11) is 1.54. The van der Waals surface area contributed by atoms with E-state index in [9.17, 15) is 14.4 Å². The van der Waals surface area contributed by atoms with Crippen molar-refractivity contribution in [1.29, 1.82) is 0 Å². The highest BCUT2D eigenvalue weighted by atomic mass is 16.5. The highest BCUT2D eigenvalue weighted by molar-refractivity contribution is 5.97. The average Bonchev–Trinajstić information content (AvgIpc) is 2.72. The third-order valence-electron chi connectivity index (χ3n) is 5.03. The Hall–Kier alpha value is -3.35. The summed E-state index contributed by atoms with van der Waals surface area (Å²) in [6.45, 7) is 1.47. The minimum atomic E-state index is -0.727. The molecule has 7 nitrogen and oxygen atoms in total. The number of primary amides is 1. The Balaban J connectivity index is 2.08. The fourth-order valence-corrected chi connectivity index (χ4v) is 3.66. The first kappa shape index (κ1) is 20.4. The van der Waals surface area contributed by atoms with Crippen molar-refractivity contribution in [2.24, 2.45) is 11.7 Å². The minimum Gasteiger partial charge on any atom is -0.496 e. The molecule has 0 bridgehead atoms. The SMILES string of the molecule is COc1ccccc1C1C(C(=O)OCC(N)=O)CCC(=O)N1c1ccc(C)cc1. The third kappa shape index (κ3) is 4.39. The first-order chi connectivity index (χ1) is 13.9. The summed E-state index contributed by atoms with van der Waals surface area (Å²) in [5.74, 6) is -1.48. The predicted molar refractivity (Wildman–Crippen MR) is 107 cm³/mol. The first-order valence-corrected chi connectivity index (χ1v) is 9.39. The van der Waals surface area contributed by atoms with E-state index < -0.39 is 30.4 Å². The molecule has 2 aromatic rings. The van der Waals surface area contributed by atoms with Crippen LogP contribution in [0, 0.1) is 12.8 Å². The number of amides is 2. The van der Waals surface area contributed by atoms with Crippen LogP contribution in [0.15, 0.2) is 48.5 Å². The van der Waals surface area contributed by atoms with E-state index in [2.05, 4.69) is 0 Å². The largest absolute Gasteiger partial charge is 0.496 e. The van der Waals surface area contributed by atoms with E-state index in [0.717, 1.165) is 5.56 Å². The summed E-state index contributed by atoms with van der Waals surface area (Å²) in [5.41, 5.74) is 7.56. The number of carbonyl (C=O) groups excluding carboxylic acids is 3. The molecule has 29 heavy (non-hydrogen) atoms. The fraction of sp³-hybridized carbons (Fsp3) is 0.318. The van der Waals surface area contributed by atoms with Crippen LogP contribution < -0.4 is 15.4 Å². The maximum absolute atomic E-state index is 13.0. The summed E-state index contributed by atoms with van der Waals surface area (Å²) in [4.78, 5) is 38.5. The zero-order valence-electron chi connectivity index (χ0n) is 16.5. The van der Waals surface area contributed by atoms with Crippen molar-refractivity contribution >= 4 is 23.5 Å². The maximum atomic E-state index is 13.0. The molecular weight excluding hydrogens is 372 g/mol. The van der Waals surface area contributed by atoms with Crippen LogP contribution in [0.25, 0.3) is 0 Å². The highest BCUT2D eigenvalue weighted by Crippen LogP contribution is 2.43.